The van der Waals surface area contributed by atoms with Crippen molar-refractivity contribution in [2.75, 3.05) is 5.32 Å². The van der Waals surface area contributed by atoms with Crippen molar-refractivity contribution in [1.29, 1.82) is 5.41 Å². The van der Waals surface area contributed by atoms with Crippen molar-refractivity contribution in [3.63, 3.8) is 0 Å². The maximum atomic E-state index is 12.4. The standard InChI is InChI=1S/C18H20N4O2S.2H2O/c19-17(11-1-7-14(25-20)8-2-11)16-15(9-10-21-18(16)24)22-12-3-5-13(23)6-4-12;;/h1-2,7-10,12,19H,3-6,20H2,(H2,21,22,24);2*1H2. The monoisotopic (exact) mass is 392 g/mol. The molecule has 0 amide bonds. The van der Waals surface area contributed by atoms with Gasteiger partial charge in [0.2, 0.25) is 0 Å². The minimum absolute atomic E-state index is 0. The van der Waals surface area contributed by atoms with E-state index in [1.54, 1.807) is 24.4 Å². The van der Waals surface area contributed by atoms with Gasteiger partial charge in [0.15, 0.2) is 0 Å². The predicted octanol–water partition coefficient (Wildman–Crippen LogP) is 1.03. The lowest BCUT2D eigenvalue weighted by Crippen LogP contribution is -2.29. The second-order valence-corrected chi connectivity index (χ2v) is 6.78. The molecule has 1 fully saturated rings. The van der Waals surface area contributed by atoms with Crippen molar-refractivity contribution in [1.82, 2.24) is 4.98 Å². The van der Waals surface area contributed by atoms with E-state index in [1.807, 2.05) is 12.1 Å². The largest absolute Gasteiger partial charge is 0.412 e. The van der Waals surface area contributed by atoms with E-state index >= 15 is 0 Å². The average Bonchev–Trinajstić information content (AvgIpc) is 2.63. The Labute approximate surface area is 160 Å². The van der Waals surface area contributed by atoms with E-state index in [4.69, 9.17) is 10.5 Å². The van der Waals surface area contributed by atoms with Crippen LogP contribution >= 0.6 is 11.9 Å². The van der Waals surface area contributed by atoms with E-state index in [2.05, 4.69) is 10.3 Å². The molecule has 3 rings (SSSR count). The lowest BCUT2D eigenvalue weighted by Gasteiger charge is -2.24. The molecule has 1 saturated carbocycles. The summed E-state index contributed by atoms with van der Waals surface area (Å²) < 4.78 is 0. The first-order valence-electron chi connectivity index (χ1n) is 8.14. The first-order valence-corrected chi connectivity index (χ1v) is 9.02. The number of aromatic amines is 1. The van der Waals surface area contributed by atoms with Gasteiger partial charge in [-0.3, -0.25) is 20.1 Å². The molecule has 1 heterocycles. The molecule has 0 bridgehead atoms. The summed E-state index contributed by atoms with van der Waals surface area (Å²) in [6.45, 7) is 0. The molecule has 1 aromatic heterocycles. The van der Waals surface area contributed by atoms with Crippen LogP contribution in [0.2, 0.25) is 0 Å². The van der Waals surface area contributed by atoms with Crippen LogP contribution in [0.25, 0.3) is 0 Å². The molecule has 0 unspecified atom stereocenters. The van der Waals surface area contributed by atoms with Crippen LogP contribution in [0.1, 0.15) is 36.8 Å². The predicted molar refractivity (Wildman–Crippen MR) is 108 cm³/mol. The van der Waals surface area contributed by atoms with Gasteiger partial charge in [0.25, 0.3) is 5.56 Å². The zero-order valence-electron chi connectivity index (χ0n) is 14.7. The SMILES string of the molecule is N=C(c1ccc(SN)cc1)c1c(NC2CCC(=O)CC2)cc[nH]c1=O.O.O. The Bertz CT molecular complexity index is 841. The van der Waals surface area contributed by atoms with Crippen LogP contribution in [0.5, 0.6) is 0 Å². The third-order valence-corrected chi connectivity index (χ3v) is 4.94. The highest BCUT2D eigenvalue weighted by atomic mass is 32.2. The summed E-state index contributed by atoms with van der Waals surface area (Å²) in [6.07, 6.45) is 4.20. The number of nitrogens with one attached hydrogen (secondary N) is 3. The van der Waals surface area contributed by atoms with Crippen LogP contribution in [0.4, 0.5) is 5.69 Å². The fraction of sp³-hybridized carbons (Fsp3) is 0.278. The molecule has 1 aliphatic rings. The molecule has 9 N–H and O–H groups in total. The highest BCUT2D eigenvalue weighted by Gasteiger charge is 2.21. The van der Waals surface area contributed by atoms with Crippen LogP contribution < -0.4 is 16.0 Å². The summed E-state index contributed by atoms with van der Waals surface area (Å²) >= 11 is 1.14. The van der Waals surface area contributed by atoms with E-state index in [9.17, 15) is 9.59 Å². The first kappa shape index (κ1) is 22.6. The van der Waals surface area contributed by atoms with E-state index in [1.165, 1.54) is 0 Å². The average molecular weight is 392 g/mol. The van der Waals surface area contributed by atoms with Crippen molar-refractivity contribution in [2.24, 2.45) is 5.14 Å². The maximum absolute atomic E-state index is 12.4. The highest BCUT2D eigenvalue weighted by molar-refractivity contribution is 7.97. The van der Waals surface area contributed by atoms with Gasteiger partial charge in [-0.15, -0.1) is 0 Å². The normalized spacial score (nSPS) is 14.0. The van der Waals surface area contributed by atoms with Gasteiger partial charge in [0, 0.05) is 35.5 Å². The fourth-order valence-electron chi connectivity index (χ4n) is 3.00. The quantitative estimate of drug-likeness (QED) is 0.438. The van der Waals surface area contributed by atoms with Gasteiger partial charge in [-0.05, 0) is 43.0 Å². The molecule has 1 aliphatic carbocycles. The summed E-state index contributed by atoms with van der Waals surface area (Å²) in [5, 5.41) is 17.3. The number of hydrogen-bond donors (Lipinski definition) is 4. The van der Waals surface area contributed by atoms with Crippen molar-refractivity contribution in [3.05, 3.63) is 58.0 Å². The van der Waals surface area contributed by atoms with Gasteiger partial charge in [0.1, 0.15) is 5.78 Å². The summed E-state index contributed by atoms with van der Waals surface area (Å²) in [6, 6.07) is 9.13. The smallest absolute Gasteiger partial charge is 0.259 e. The molecule has 0 aliphatic heterocycles. The Morgan fingerprint density at radius 2 is 1.74 bits per heavy atom. The summed E-state index contributed by atoms with van der Waals surface area (Å²) in [4.78, 5) is 27.3. The van der Waals surface area contributed by atoms with Gasteiger partial charge in [-0.25, -0.2) is 0 Å². The number of hydrogen-bond acceptors (Lipinski definition) is 6. The molecule has 0 saturated heterocycles. The number of carbonyl (C=O) groups excluding carboxylic acids is 1. The van der Waals surface area contributed by atoms with Crippen molar-refractivity contribution >= 4 is 29.1 Å². The summed E-state index contributed by atoms with van der Waals surface area (Å²) in [5.41, 5.74) is 1.44. The Kier molecular flexibility index (Phi) is 8.38. The summed E-state index contributed by atoms with van der Waals surface area (Å²) in [5.74, 6) is 0.287. The number of nitrogens with two attached hydrogens (primary N) is 1. The number of Topliss-reactive ketones (excluding diaryl/α,β-unsaturated/α-hetero) is 1. The molecule has 9 heteroatoms. The lowest BCUT2D eigenvalue weighted by molar-refractivity contribution is -0.120. The number of benzene rings is 1. The van der Waals surface area contributed by atoms with Gasteiger partial charge >= 0.3 is 0 Å². The topological polar surface area (TPSA) is 175 Å². The van der Waals surface area contributed by atoms with Gasteiger partial charge in [-0.2, -0.15) is 0 Å². The third-order valence-electron chi connectivity index (χ3n) is 4.39. The van der Waals surface area contributed by atoms with E-state index in [-0.39, 0.29) is 34.0 Å². The molecule has 8 nitrogen and oxygen atoms in total. The fourth-order valence-corrected chi connectivity index (χ4v) is 3.29. The lowest BCUT2D eigenvalue weighted by atomic mass is 9.93. The van der Waals surface area contributed by atoms with E-state index in [0.29, 0.717) is 29.7 Å². The van der Waals surface area contributed by atoms with Crippen molar-refractivity contribution in [2.45, 2.75) is 36.6 Å². The Morgan fingerprint density at radius 3 is 2.33 bits per heavy atom. The number of H-pyrrole nitrogens is 1. The third kappa shape index (κ3) is 5.27. The van der Waals surface area contributed by atoms with Crippen LogP contribution in [0, 0.1) is 5.41 Å². The van der Waals surface area contributed by atoms with E-state index < -0.39 is 0 Å². The van der Waals surface area contributed by atoms with Crippen LogP contribution in [0.3, 0.4) is 0 Å². The van der Waals surface area contributed by atoms with Crippen molar-refractivity contribution in [3.8, 4) is 0 Å². The summed E-state index contributed by atoms with van der Waals surface area (Å²) in [7, 11) is 0. The number of ketones is 1. The molecule has 0 radical (unpaired) electrons. The zero-order chi connectivity index (χ0) is 17.8. The molecular weight excluding hydrogens is 368 g/mol. The first-order chi connectivity index (χ1) is 12.1. The highest BCUT2D eigenvalue weighted by Crippen LogP contribution is 2.23. The molecule has 27 heavy (non-hydrogen) atoms. The van der Waals surface area contributed by atoms with Gasteiger partial charge < -0.3 is 21.3 Å². The Hall–Kier alpha value is -2.46. The van der Waals surface area contributed by atoms with Crippen LogP contribution in [-0.4, -0.2) is 33.5 Å². The Balaban J connectivity index is 0.00000182. The molecule has 0 spiro atoms. The number of anilines is 1. The molecule has 1 aromatic carbocycles. The molecule has 0 atom stereocenters. The Morgan fingerprint density at radius 1 is 1.11 bits per heavy atom. The minimum atomic E-state index is -0.306. The van der Waals surface area contributed by atoms with E-state index in [0.717, 1.165) is 29.7 Å². The van der Waals surface area contributed by atoms with Crippen LogP contribution in [0.15, 0.2) is 46.2 Å². The molecular formula is C18H24N4O4S. The van der Waals surface area contributed by atoms with Crippen molar-refractivity contribution < 1.29 is 15.7 Å². The number of aromatic nitrogens is 1. The number of rotatable bonds is 5. The zero-order valence-corrected chi connectivity index (χ0v) is 15.5. The van der Waals surface area contributed by atoms with Gasteiger partial charge in [0.05, 0.1) is 17.0 Å². The number of pyridine rings is 1. The van der Waals surface area contributed by atoms with Gasteiger partial charge in [-0.1, -0.05) is 12.1 Å². The second-order valence-electron chi connectivity index (χ2n) is 6.07. The second kappa shape index (κ2) is 10.0. The number of carbonyl (C=O) groups is 1. The molecule has 2 aromatic rings. The van der Waals surface area contributed by atoms with Crippen LogP contribution in [-0.2, 0) is 4.79 Å². The minimum Gasteiger partial charge on any atom is -0.412 e. The molecule has 146 valence electrons. The maximum Gasteiger partial charge on any atom is 0.259 e.